The van der Waals surface area contributed by atoms with Crippen molar-refractivity contribution in [3.05, 3.63) is 47.4 Å². The molecule has 2 rings (SSSR count). The fourth-order valence-electron chi connectivity index (χ4n) is 1.62. The lowest BCUT2D eigenvalue weighted by atomic mass is 10.2. The molecule has 1 aromatic carbocycles. The first-order valence-electron chi connectivity index (χ1n) is 5.93. The number of ether oxygens (including phenoxy) is 1. The lowest BCUT2D eigenvalue weighted by Gasteiger charge is -2.07. The van der Waals surface area contributed by atoms with Gasteiger partial charge in [-0.25, -0.2) is 4.98 Å². The summed E-state index contributed by atoms with van der Waals surface area (Å²) in [4.78, 5) is 8.53. The first kappa shape index (κ1) is 12.5. The first-order valence-corrected chi connectivity index (χ1v) is 5.93. The number of hydrogen-bond donors (Lipinski definition) is 1. The number of rotatable bonds is 4. The van der Waals surface area contributed by atoms with Crippen LogP contribution in [0.25, 0.3) is 0 Å². The topological polar surface area (TPSA) is 55.2 Å². The average molecular weight is 244 g/mol. The third kappa shape index (κ3) is 3.05. The van der Waals surface area contributed by atoms with Gasteiger partial charge in [-0.05, 0) is 31.0 Å². The van der Waals surface area contributed by atoms with Gasteiger partial charge < -0.3 is 9.84 Å². The largest absolute Gasteiger partial charge is 0.439 e. The minimum atomic E-state index is 0.0346. The van der Waals surface area contributed by atoms with Crippen LogP contribution < -0.4 is 4.74 Å². The van der Waals surface area contributed by atoms with Gasteiger partial charge in [-0.3, -0.25) is 0 Å². The molecule has 0 atom stereocenters. The minimum absolute atomic E-state index is 0.0346. The van der Waals surface area contributed by atoms with E-state index in [4.69, 9.17) is 9.84 Å². The van der Waals surface area contributed by atoms with Gasteiger partial charge in [-0.15, -0.1) is 0 Å². The van der Waals surface area contributed by atoms with Crippen LogP contribution in [0.15, 0.2) is 30.3 Å². The van der Waals surface area contributed by atoms with E-state index in [0.717, 1.165) is 17.7 Å². The number of nitrogens with zero attached hydrogens (tertiary/aromatic N) is 2. The molecule has 0 radical (unpaired) electrons. The van der Waals surface area contributed by atoms with E-state index < -0.39 is 0 Å². The second kappa shape index (κ2) is 5.60. The van der Waals surface area contributed by atoms with Crippen molar-refractivity contribution in [2.45, 2.75) is 26.9 Å². The van der Waals surface area contributed by atoms with E-state index in [9.17, 15) is 0 Å². The van der Waals surface area contributed by atoms with E-state index in [1.54, 1.807) is 0 Å². The van der Waals surface area contributed by atoms with Crippen molar-refractivity contribution in [2.75, 3.05) is 0 Å². The third-order valence-electron chi connectivity index (χ3n) is 2.56. The van der Waals surface area contributed by atoms with Gasteiger partial charge in [0.15, 0.2) is 0 Å². The number of aryl methyl sites for hydroxylation is 2. The van der Waals surface area contributed by atoms with Crippen molar-refractivity contribution in [3.8, 4) is 11.6 Å². The van der Waals surface area contributed by atoms with E-state index in [2.05, 4.69) is 9.97 Å². The molecule has 0 aliphatic heterocycles. The molecule has 0 unspecified atom stereocenters. The second-order valence-electron chi connectivity index (χ2n) is 4.00. The number of benzene rings is 1. The summed E-state index contributed by atoms with van der Waals surface area (Å²) in [7, 11) is 0. The summed E-state index contributed by atoms with van der Waals surface area (Å²) in [5, 5.41) is 8.96. The Kier molecular flexibility index (Phi) is 3.89. The zero-order valence-corrected chi connectivity index (χ0v) is 10.6. The van der Waals surface area contributed by atoms with Gasteiger partial charge >= 0.3 is 0 Å². The van der Waals surface area contributed by atoms with Gasteiger partial charge in [0.25, 0.3) is 0 Å². The van der Waals surface area contributed by atoms with E-state index >= 15 is 0 Å². The van der Waals surface area contributed by atoms with Crippen LogP contribution in [-0.2, 0) is 13.0 Å². The molecule has 4 nitrogen and oxygen atoms in total. The van der Waals surface area contributed by atoms with Gasteiger partial charge in [0.05, 0.1) is 6.61 Å². The molecule has 0 bridgehead atoms. The summed E-state index contributed by atoms with van der Waals surface area (Å²) in [6.45, 7) is 3.93. The van der Waals surface area contributed by atoms with Crippen LogP contribution in [0.4, 0.5) is 0 Å². The highest BCUT2D eigenvalue weighted by Crippen LogP contribution is 2.20. The zero-order chi connectivity index (χ0) is 13.0. The fraction of sp³-hybridized carbons (Fsp3) is 0.286. The number of hydrogen-bond acceptors (Lipinski definition) is 4. The lowest BCUT2D eigenvalue weighted by Crippen LogP contribution is -1.97. The predicted molar refractivity (Wildman–Crippen MR) is 68.6 cm³/mol. The molecule has 0 saturated carbocycles. The summed E-state index contributed by atoms with van der Waals surface area (Å²) >= 11 is 0. The van der Waals surface area contributed by atoms with Crippen molar-refractivity contribution in [3.63, 3.8) is 0 Å². The Morgan fingerprint density at radius 1 is 1.17 bits per heavy atom. The van der Waals surface area contributed by atoms with Crippen LogP contribution in [0.2, 0.25) is 0 Å². The maximum atomic E-state index is 8.96. The minimum Gasteiger partial charge on any atom is -0.439 e. The first-order chi connectivity index (χ1) is 8.71. The second-order valence-corrected chi connectivity index (χ2v) is 4.00. The van der Waals surface area contributed by atoms with E-state index in [1.807, 2.05) is 44.2 Å². The van der Waals surface area contributed by atoms with Crippen LogP contribution in [-0.4, -0.2) is 15.1 Å². The number of aromatic nitrogens is 2. The Balaban J connectivity index is 2.19. The Labute approximate surface area is 106 Å². The molecule has 0 aliphatic carbocycles. The smallest absolute Gasteiger partial charge is 0.222 e. The molecular formula is C14H16N2O2. The molecular weight excluding hydrogens is 228 g/mol. The van der Waals surface area contributed by atoms with Crippen LogP contribution in [0.3, 0.4) is 0 Å². The molecule has 0 spiro atoms. The molecule has 1 N–H and O–H groups in total. The molecule has 94 valence electrons. The summed E-state index contributed by atoms with van der Waals surface area (Å²) < 4.78 is 5.67. The van der Waals surface area contributed by atoms with E-state index in [0.29, 0.717) is 17.5 Å². The molecule has 1 heterocycles. The zero-order valence-electron chi connectivity index (χ0n) is 10.6. The Morgan fingerprint density at radius 3 is 2.50 bits per heavy atom. The number of aliphatic hydroxyl groups is 1. The summed E-state index contributed by atoms with van der Waals surface area (Å²) in [5.74, 6) is 1.96. The van der Waals surface area contributed by atoms with Gasteiger partial charge in [-0.2, -0.15) is 4.98 Å². The van der Waals surface area contributed by atoms with Crippen LogP contribution >= 0.6 is 0 Å². The lowest BCUT2D eigenvalue weighted by molar-refractivity contribution is 0.281. The predicted octanol–water partition coefficient (Wildman–Crippen LogP) is 2.63. The maximum absolute atomic E-state index is 8.96. The quantitative estimate of drug-likeness (QED) is 0.898. The van der Waals surface area contributed by atoms with Crippen LogP contribution in [0.1, 0.15) is 24.0 Å². The highest BCUT2D eigenvalue weighted by Gasteiger charge is 2.03. The molecule has 0 amide bonds. The molecule has 1 aromatic heterocycles. The van der Waals surface area contributed by atoms with Crippen molar-refractivity contribution in [1.29, 1.82) is 0 Å². The van der Waals surface area contributed by atoms with Crippen LogP contribution in [0.5, 0.6) is 11.6 Å². The Bertz CT molecular complexity index is 524. The van der Waals surface area contributed by atoms with Crippen molar-refractivity contribution in [1.82, 2.24) is 9.97 Å². The molecule has 2 aromatic rings. The average Bonchev–Trinajstić information content (AvgIpc) is 2.39. The Morgan fingerprint density at radius 2 is 1.89 bits per heavy atom. The van der Waals surface area contributed by atoms with Crippen molar-refractivity contribution < 1.29 is 9.84 Å². The molecule has 0 saturated heterocycles. The molecule has 0 aliphatic rings. The normalized spacial score (nSPS) is 10.4. The summed E-state index contributed by atoms with van der Waals surface area (Å²) in [5.41, 5.74) is 1.82. The SMILES string of the molecule is CCc1cc(Oc2ccc(CO)cc2)nc(C)n1. The third-order valence-corrected chi connectivity index (χ3v) is 2.56. The van der Waals surface area contributed by atoms with E-state index in [1.165, 1.54) is 0 Å². The summed E-state index contributed by atoms with van der Waals surface area (Å²) in [6, 6.07) is 9.12. The van der Waals surface area contributed by atoms with Gasteiger partial charge in [0.2, 0.25) is 5.88 Å². The van der Waals surface area contributed by atoms with Gasteiger partial charge in [0, 0.05) is 11.8 Å². The van der Waals surface area contributed by atoms with Crippen molar-refractivity contribution in [2.24, 2.45) is 0 Å². The molecule has 18 heavy (non-hydrogen) atoms. The number of aliphatic hydroxyl groups excluding tert-OH is 1. The standard InChI is InChI=1S/C14H16N2O2/c1-3-12-8-14(16-10(2)15-12)18-13-6-4-11(9-17)5-7-13/h4-8,17H,3,9H2,1-2H3. The maximum Gasteiger partial charge on any atom is 0.222 e. The van der Waals surface area contributed by atoms with Crippen LogP contribution in [0, 0.1) is 6.92 Å². The monoisotopic (exact) mass is 244 g/mol. The summed E-state index contributed by atoms with van der Waals surface area (Å²) in [6.07, 6.45) is 0.850. The molecule has 0 fully saturated rings. The fourth-order valence-corrected chi connectivity index (χ4v) is 1.62. The van der Waals surface area contributed by atoms with Gasteiger partial charge in [0.1, 0.15) is 11.6 Å². The van der Waals surface area contributed by atoms with Crippen molar-refractivity contribution >= 4 is 0 Å². The van der Waals surface area contributed by atoms with Gasteiger partial charge in [-0.1, -0.05) is 19.1 Å². The molecule has 4 heteroatoms. The highest BCUT2D eigenvalue weighted by atomic mass is 16.5. The Hall–Kier alpha value is -1.94. The highest BCUT2D eigenvalue weighted by molar-refractivity contribution is 5.30. The van der Waals surface area contributed by atoms with E-state index in [-0.39, 0.29) is 6.61 Å².